The fourth-order valence-corrected chi connectivity index (χ4v) is 3.45. The van der Waals surface area contributed by atoms with Gasteiger partial charge in [0.2, 0.25) is 5.13 Å². The zero-order valence-corrected chi connectivity index (χ0v) is 16.3. The highest BCUT2D eigenvalue weighted by Crippen LogP contribution is 2.26. The molecule has 4 aromatic rings. The molecule has 28 heavy (non-hydrogen) atoms. The molecule has 0 spiro atoms. The van der Waals surface area contributed by atoms with Gasteiger partial charge in [0.15, 0.2) is 0 Å². The molecule has 0 aliphatic rings. The van der Waals surface area contributed by atoms with E-state index in [0.29, 0.717) is 27.0 Å². The van der Waals surface area contributed by atoms with E-state index in [-0.39, 0.29) is 0 Å². The van der Waals surface area contributed by atoms with Gasteiger partial charge in [-0.15, -0.1) is 11.3 Å². The highest BCUT2D eigenvalue weighted by atomic mass is 35.5. The Balaban J connectivity index is 1.56. The van der Waals surface area contributed by atoms with Crippen LogP contribution >= 0.6 is 22.9 Å². The number of ether oxygens (including phenoxy) is 1. The fraction of sp³-hybridized carbons (Fsp3) is 0.0500. The second-order valence-electron chi connectivity index (χ2n) is 5.81. The van der Waals surface area contributed by atoms with Crippen molar-refractivity contribution in [2.75, 3.05) is 12.5 Å². The summed E-state index contributed by atoms with van der Waals surface area (Å²) in [7, 11) is 1.61. The molecule has 0 saturated carbocycles. The van der Waals surface area contributed by atoms with E-state index in [9.17, 15) is 4.79 Å². The molecule has 1 N–H and O–H groups in total. The number of nitrogens with zero attached hydrogens (tertiary/aromatic N) is 2. The van der Waals surface area contributed by atoms with Crippen molar-refractivity contribution in [1.29, 1.82) is 0 Å². The molecular formula is C20H14ClN3O3S. The van der Waals surface area contributed by atoms with Crippen molar-refractivity contribution in [3.8, 4) is 17.0 Å². The van der Waals surface area contributed by atoms with Gasteiger partial charge in [0, 0.05) is 15.8 Å². The molecule has 0 aliphatic heterocycles. The van der Waals surface area contributed by atoms with Crippen LogP contribution in [0.1, 0.15) is 5.56 Å². The van der Waals surface area contributed by atoms with Crippen LogP contribution in [0, 0.1) is 0 Å². The molecule has 0 fully saturated rings. The molecule has 0 saturated heterocycles. The van der Waals surface area contributed by atoms with E-state index in [2.05, 4.69) is 15.5 Å². The minimum atomic E-state index is -0.452. The maximum absolute atomic E-state index is 12.3. The number of thiazole rings is 1. The first-order chi connectivity index (χ1) is 13.6. The molecule has 2 heterocycles. The highest BCUT2D eigenvalue weighted by molar-refractivity contribution is 7.14. The van der Waals surface area contributed by atoms with Gasteiger partial charge in [0.05, 0.1) is 24.6 Å². The number of halogens is 1. The smallest absolute Gasteiger partial charge is 0.345 e. The Morgan fingerprint density at radius 3 is 3.00 bits per heavy atom. The first kappa shape index (κ1) is 18.2. The third-order valence-corrected chi connectivity index (χ3v) is 4.92. The van der Waals surface area contributed by atoms with Crippen LogP contribution in [0.4, 0.5) is 5.13 Å². The summed E-state index contributed by atoms with van der Waals surface area (Å²) in [5.41, 5.74) is 4.67. The van der Waals surface area contributed by atoms with Gasteiger partial charge in [-0.1, -0.05) is 23.7 Å². The lowest BCUT2D eigenvalue weighted by atomic mass is 10.1. The van der Waals surface area contributed by atoms with Crippen molar-refractivity contribution < 1.29 is 9.15 Å². The van der Waals surface area contributed by atoms with Gasteiger partial charge >= 0.3 is 5.63 Å². The van der Waals surface area contributed by atoms with Gasteiger partial charge in [0.1, 0.15) is 11.3 Å². The van der Waals surface area contributed by atoms with E-state index in [4.69, 9.17) is 20.8 Å². The van der Waals surface area contributed by atoms with Crippen LogP contribution < -0.4 is 15.8 Å². The quantitative estimate of drug-likeness (QED) is 0.283. The normalized spacial score (nSPS) is 11.2. The standard InChI is InChI=1S/C20H14ClN3O3S/c1-26-15-4-2-3-12(7-15)10-22-24-20-23-17(11-28-20)16-9-13-8-14(21)5-6-18(13)27-19(16)25/h2-11H,1H3,(H,23,24)/b22-10+. The van der Waals surface area contributed by atoms with Crippen LogP contribution in [0.25, 0.3) is 22.2 Å². The molecule has 0 unspecified atom stereocenters. The summed E-state index contributed by atoms with van der Waals surface area (Å²) in [5.74, 6) is 0.753. The van der Waals surface area contributed by atoms with Crippen LogP contribution in [0.2, 0.25) is 5.02 Å². The second-order valence-corrected chi connectivity index (χ2v) is 7.11. The van der Waals surface area contributed by atoms with E-state index >= 15 is 0 Å². The number of hydrazone groups is 1. The Hall–Kier alpha value is -3.16. The van der Waals surface area contributed by atoms with E-state index in [1.54, 1.807) is 43.0 Å². The summed E-state index contributed by atoms with van der Waals surface area (Å²) in [6.07, 6.45) is 1.66. The average Bonchev–Trinajstić information content (AvgIpc) is 3.16. The van der Waals surface area contributed by atoms with Crippen LogP contribution in [0.5, 0.6) is 5.75 Å². The van der Waals surface area contributed by atoms with Crippen LogP contribution in [0.3, 0.4) is 0 Å². The van der Waals surface area contributed by atoms with E-state index in [1.807, 2.05) is 24.3 Å². The highest BCUT2D eigenvalue weighted by Gasteiger charge is 2.11. The molecule has 140 valence electrons. The topological polar surface area (TPSA) is 76.7 Å². The van der Waals surface area contributed by atoms with E-state index in [1.165, 1.54) is 11.3 Å². The predicted molar refractivity (Wildman–Crippen MR) is 113 cm³/mol. The zero-order chi connectivity index (χ0) is 19.5. The number of methoxy groups -OCH3 is 1. The third kappa shape index (κ3) is 3.90. The number of benzene rings is 2. The predicted octanol–water partition coefficient (Wildman–Crippen LogP) is 5.02. The number of nitrogens with one attached hydrogen (secondary N) is 1. The molecular weight excluding hydrogens is 398 g/mol. The molecule has 0 atom stereocenters. The monoisotopic (exact) mass is 411 g/mol. The van der Waals surface area contributed by atoms with Gasteiger partial charge in [-0.25, -0.2) is 9.78 Å². The summed E-state index contributed by atoms with van der Waals surface area (Å²) in [4.78, 5) is 16.7. The number of hydrogen-bond acceptors (Lipinski definition) is 7. The number of hydrogen-bond donors (Lipinski definition) is 1. The molecule has 0 bridgehead atoms. The summed E-state index contributed by atoms with van der Waals surface area (Å²) in [5, 5.41) is 7.81. The fourth-order valence-electron chi connectivity index (χ4n) is 2.61. The Kier molecular flexibility index (Phi) is 5.10. The summed E-state index contributed by atoms with van der Waals surface area (Å²) >= 11 is 7.36. The lowest BCUT2D eigenvalue weighted by Crippen LogP contribution is -2.03. The summed E-state index contributed by atoms with van der Waals surface area (Å²) < 4.78 is 10.5. The lowest BCUT2D eigenvalue weighted by Gasteiger charge is -2.00. The van der Waals surface area contributed by atoms with Gasteiger partial charge in [-0.05, 0) is 42.0 Å². The maximum Gasteiger partial charge on any atom is 0.345 e. The molecule has 0 radical (unpaired) electrons. The number of rotatable bonds is 5. The molecule has 8 heteroatoms. The Bertz CT molecular complexity index is 1230. The third-order valence-electron chi connectivity index (χ3n) is 3.94. The minimum absolute atomic E-state index is 0.371. The van der Waals surface area contributed by atoms with E-state index < -0.39 is 5.63 Å². The van der Waals surface area contributed by atoms with Gasteiger partial charge in [0.25, 0.3) is 0 Å². The van der Waals surface area contributed by atoms with Crippen molar-refractivity contribution >= 4 is 45.3 Å². The Labute approximate surface area is 169 Å². The van der Waals surface area contributed by atoms with E-state index in [0.717, 1.165) is 16.7 Å². The Morgan fingerprint density at radius 1 is 1.25 bits per heavy atom. The summed E-state index contributed by atoms with van der Waals surface area (Å²) in [6.45, 7) is 0. The molecule has 4 rings (SSSR count). The van der Waals surface area contributed by atoms with Gasteiger partial charge < -0.3 is 9.15 Å². The first-order valence-electron chi connectivity index (χ1n) is 8.25. The van der Waals surface area contributed by atoms with Crippen LogP contribution in [0.15, 0.2) is 68.2 Å². The second kappa shape index (κ2) is 7.84. The number of aromatic nitrogens is 1. The molecule has 2 aromatic heterocycles. The maximum atomic E-state index is 12.3. The molecule has 6 nitrogen and oxygen atoms in total. The molecule has 2 aromatic carbocycles. The average molecular weight is 412 g/mol. The van der Waals surface area contributed by atoms with Crippen molar-refractivity contribution in [3.05, 3.63) is 74.9 Å². The lowest BCUT2D eigenvalue weighted by molar-refractivity contribution is 0.415. The zero-order valence-electron chi connectivity index (χ0n) is 14.7. The van der Waals surface area contributed by atoms with Gasteiger partial charge in [-0.3, -0.25) is 5.43 Å². The van der Waals surface area contributed by atoms with Crippen LogP contribution in [-0.4, -0.2) is 18.3 Å². The SMILES string of the molecule is COc1cccc(/C=N/Nc2nc(-c3cc4cc(Cl)ccc4oc3=O)cs2)c1. The largest absolute Gasteiger partial charge is 0.497 e. The minimum Gasteiger partial charge on any atom is -0.497 e. The van der Waals surface area contributed by atoms with Crippen molar-refractivity contribution in [2.24, 2.45) is 5.10 Å². The van der Waals surface area contributed by atoms with Crippen molar-refractivity contribution in [3.63, 3.8) is 0 Å². The van der Waals surface area contributed by atoms with Gasteiger partial charge in [-0.2, -0.15) is 5.10 Å². The molecule has 0 amide bonds. The van der Waals surface area contributed by atoms with Crippen molar-refractivity contribution in [1.82, 2.24) is 4.98 Å². The first-order valence-corrected chi connectivity index (χ1v) is 9.50. The molecule has 0 aliphatic carbocycles. The number of fused-ring (bicyclic) bond motifs is 1. The van der Waals surface area contributed by atoms with Crippen LogP contribution in [-0.2, 0) is 0 Å². The summed E-state index contributed by atoms with van der Waals surface area (Å²) in [6, 6.07) is 14.3. The number of anilines is 1. The van der Waals surface area contributed by atoms with Crippen molar-refractivity contribution in [2.45, 2.75) is 0 Å². The Morgan fingerprint density at radius 2 is 2.14 bits per heavy atom.